The summed E-state index contributed by atoms with van der Waals surface area (Å²) in [7, 11) is 1.78. The van der Waals surface area contributed by atoms with E-state index in [9.17, 15) is 0 Å². The molecule has 0 bridgehead atoms. The van der Waals surface area contributed by atoms with Crippen LogP contribution in [0.3, 0.4) is 0 Å². The molecule has 0 aliphatic carbocycles. The molecule has 0 saturated carbocycles. The topological polar surface area (TPSA) is 9.23 Å². The van der Waals surface area contributed by atoms with Crippen LogP contribution in [0.2, 0.25) is 0 Å². The van der Waals surface area contributed by atoms with E-state index in [1.165, 1.54) is 30.8 Å². The van der Waals surface area contributed by atoms with Gasteiger partial charge < -0.3 is 4.74 Å². The molecule has 1 fully saturated rings. The third-order valence-corrected chi connectivity index (χ3v) is 5.05. The molecule has 12 heavy (non-hydrogen) atoms. The molecule has 72 valence electrons. The first-order valence-corrected chi connectivity index (χ1v) is 6.62. The molecule has 1 rings (SSSR count). The minimum Gasteiger partial charge on any atom is -0.385 e. The van der Waals surface area contributed by atoms with E-state index < -0.39 is 0 Å². The van der Waals surface area contributed by atoms with Gasteiger partial charge in [0.2, 0.25) is 0 Å². The average molecular weight is 253 g/mol. The normalized spacial score (nSPS) is 29.5. The van der Waals surface area contributed by atoms with Crippen LogP contribution in [-0.4, -0.2) is 30.0 Å². The summed E-state index contributed by atoms with van der Waals surface area (Å²) in [6.07, 6.45) is 3.91. The van der Waals surface area contributed by atoms with E-state index in [0.717, 1.165) is 17.4 Å². The van der Waals surface area contributed by atoms with Crippen molar-refractivity contribution in [3.05, 3.63) is 0 Å². The first kappa shape index (κ1) is 10.9. The summed E-state index contributed by atoms with van der Waals surface area (Å²) in [6, 6.07) is 0. The predicted octanol–water partition coefficient (Wildman–Crippen LogP) is 2.93. The van der Waals surface area contributed by atoms with Crippen molar-refractivity contribution in [2.24, 2.45) is 5.92 Å². The van der Waals surface area contributed by atoms with Gasteiger partial charge in [-0.05, 0) is 24.5 Å². The summed E-state index contributed by atoms with van der Waals surface area (Å²) in [5.74, 6) is 3.56. The summed E-state index contributed by atoms with van der Waals surface area (Å²) in [5.41, 5.74) is 0. The molecule has 1 heterocycles. The standard InChI is InChI=1S/C9H17BrOS/c1-11-5-3-2-4-8-6-12-7-9(8)10/h8-9H,2-7H2,1H3. The largest absolute Gasteiger partial charge is 0.385 e. The van der Waals surface area contributed by atoms with E-state index in [4.69, 9.17) is 4.74 Å². The van der Waals surface area contributed by atoms with E-state index in [-0.39, 0.29) is 0 Å². The number of thioether (sulfide) groups is 1. The third-order valence-electron chi connectivity index (χ3n) is 2.29. The lowest BCUT2D eigenvalue weighted by atomic mass is 10.0. The molecule has 1 saturated heterocycles. The molecular formula is C9H17BrOS. The zero-order chi connectivity index (χ0) is 8.81. The van der Waals surface area contributed by atoms with Crippen LogP contribution in [-0.2, 0) is 4.74 Å². The molecule has 1 nitrogen and oxygen atoms in total. The van der Waals surface area contributed by atoms with Crippen LogP contribution in [0.25, 0.3) is 0 Å². The van der Waals surface area contributed by atoms with E-state index in [2.05, 4.69) is 27.7 Å². The summed E-state index contributed by atoms with van der Waals surface area (Å²) in [4.78, 5) is 0.769. The van der Waals surface area contributed by atoms with Gasteiger partial charge in [-0.2, -0.15) is 11.8 Å². The van der Waals surface area contributed by atoms with Crippen LogP contribution < -0.4 is 0 Å². The second-order valence-electron chi connectivity index (χ2n) is 3.30. The van der Waals surface area contributed by atoms with Gasteiger partial charge in [0.1, 0.15) is 0 Å². The first-order chi connectivity index (χ1) is 5.84. The van der Waals surface area contributed by atoms with Crippen LogP contribution in [0.15, 0.2) is 0 Å². The fraction of sp³-hybridized carbons (Fsp3) is 1.00. The van der Waals surface area contributed by atoms with Crippen LogP contribution in [0.1, 0.15) is 19.3 Å². The number of rotatable bonds is 5. The molecule has 0 amide bonds. The highest BCUT2D eigenvalue weighted by Crippen LogP contribution is 2.32. The fourth-order valence-electron chi connectivity index (χ4n) is 1.49. The Hall–Kier alpha value is 0.790. The highest BCUT2D eigenvalue weighted by atomic mass is 79.9. The van der Waals surface area contributed by atoms with Gasteiger partial charge in [0.15, 0.2) is 0 Å². The maximum Gasteiger partial charge on any atom is 0.0462 e. The minimum absolute atomic E-state index is 0.769. The smallest absolute Gasteiger partial charge is 0.0462 e. The van der Waals surface area contributed by atoms with Crippen LogP contribution in [0.4, 0.5) is 0 Å². The second-order valence-corrected chi connectivity index (χ2v) is 5.55. The van der Waals surface area contributed by atoms with Crippen LogP contribution >= 0.6 is 27.7 Å². The number of alkyl halides is 1. The number of hydrogen-bond donors (Lipinski definition) is 0. The summed E-state index contributed by atoms with van der Waals surface area (Å²) in [6.45, 7) is 0.923. The Labute approximate surface area is 87.8 Å². The van der Waals surface area contributed by atoms with Crippen LogP contribution in [0.5, 0.6) is 0 Å². The van der Waals surface area contributed by atoms with Crippen molar-refractivity contribution in [3.63, 3.8) is 0 Å². The first-order valence-electron chi connectivity index (χ1n) is 4.55. The molecule has 0 spiro atoms. The van der Waals surface area contributed by atoms with Crippen molar-refractivity contribution in [3.8, 4) is 0 Å². The molecule has 0 radical (unpaired) electrons. The van der Waals surface area contributed by atoms with E-state index in [1.54, 1.807) is 7.11 Å². The van der Waals surface area contributed by atoms with Gasteiger partial charge in [-0.1, -0.05) is 22.4 Å². The Morgan fingerprint density at radius 1 is 1.42 bits per heavy atom. The Morgan fingerprint density at radius 2 is 2.25 bits per heavy atom. The lowest BCUT2D eigenvalue weighted by Gasteiger charge is -2.11. The Kier molecular flexibility index (Phi) is 5.68. The molecule has 0 N–H and O–H groups in total. The van der Waals surface area contributed by atoms with Gasteiger partial charge >= 0.3 is 0 Å². The van der Waals surface area contributed by atoms with E-state index in [1.807, 2.05) is 0 Å². The SMILES string of the molecule is COCCCCC1CSCC1Br. The lowest BCUT2D eigenvalue weighted by Crippen LogP contribution is -2.11. The predicted molar refractivity (Wildman–Crippen MR) is 59.3 cm³/mol. The quantitative estimate of drug-likeness (QED) is 0.550. The summed E-state index contributed by atoms with van der Waals surface area (Å²) >= 11 is 5.80. The van der Waals surface area contributed by atoms with Gasteiger partial charge in [0.05, 0.1) is 0 Å². The van der Waals surface area contributed by atoms with Crippen molar-refractivity contribution in [2.75, 3.05) is 25.2 Å². The average Bonchev–Trinajstić information content (AvgIpc) is 2.46. The van der Waals surface area contributed by atoms with Crippen molar-refractivity contribution in [1.82, 2.24) is 0 Å². The lowest BCUT2D eigenvalue weighted by molar-refractivity contribution is 0.190. The monoisotopic (exact) mass is 252 g/mol. The summed E-state index contributed by atoms with van der Waals surface area (Å²) in [5, 5.41) is 0. The summed E-state index contributed by atoms with van der Waals surface area (Å²) < 4.78 is 5.02. The van der Waals surface area contributed by atoms with Crippen LogP contribution in [0, 0.1) is 5.92 Å². The number of ether oxygens (including phenoxy) is 1. The molecule has 3 heteroatoms. The third kappa shape index (κ3) is 3.67. The van der Waals surface area contributed by atoms with Crippen molar-refractivity contribution < 1.29 is 4.74 Å². The maximum atomic E-state index is 5.02. The van der Waals surface area contributed by atoms with Gasteiger partial charge in [-0.15, -0.1) is 0 Å². The Bertz CT molecular complexity index is 121. The second kappa shape index (κ2) is 6.28. The number of unbranched alkanes of at least 4 members (excludes halogenated alkanes) is 1. The zero-order valence-corrected chi connectivity index (χ0v) is 9.99. The van der Waals surface area contributed by atoms with E-state index >= 15 is 0 Å². The van der Waals surface area contributed by atoms with Gasteiger partial charge in [0.25, 0.3) is 0 Å². The van der Waals surface area contributed by atoms with Gasteiger partial charge in [0, 0.05) is 24.3 Å². The number of halogens is 1. The molecule has 1 aliphatic heterocycles. The highest BCUT2D eigenvalue weighted by molar-refractivity contribution is 9.09. The maximum absolute atomic E-state index is 5.02. The van der Waals surface area contributed by atoms with Gasteiger partial charge in [-0.25, -0.2) is 0 Å². The number of hydrogen-bond acceptors (Lipinski definition) is 2. The van der Waals surface area contributed by atoms with Crippen molar-refractivity contribution in [2.45, 2.75) is 24.1 Å². The Morgan fingerprint density at radius 3 is 2.83 bits per heavy atom. The highest BCUT2D eigenvalue weighted by Gasteiger charge is 2.24. The zero-order valence-electron chi connectivity index (χ0n) is 7.59. The van der Waals surface area contributed by atoms with E-state index in [0.29, 0.717) is 0 Å². The molecule has 1 aliphatic rings. The van der Waals surface area contributed by atoms with Crippen molar-refractivity contribution in [1.29, 1.82) is 0 Å². The van der Waals surface area contributed by atoms with Crippen molar-refractivity contribution >= 4 is 27.7 Å². The molecule has 2 unspecified atom stereocenters. The minimum atomic E-state index is 0.769. The fourth-order valence-corrected chi connectivity index (χ4v) is 4.08. The van der Waals surface area contributed by atoms with Gasteiger partial charge in [-0.3, -0.25) is 0 Å². The number of methoxy groups -OCH3 is 1. The molecule has 0 aromatic heterocycles. The Balaban J connectivity index is 1.98. The molecule has 0 aromatic carbocycles. The molecular weight excluding hydrogens is 236 g/mol. The molecule has 2 atom stereocenters. The molecule has 0 aromatic rings.